The number of hydrogen-bond donors (Lipinski definition) is 2. The van der Waals surface area contributed by atoms with E-state index in [4.69, 9.17) is 21.5 Å². The Morgan fingerprint density at radius 2 is 1.42 bits per heavy atom. The molecule has 1 saturated heterocycles. The van der Waals surface area contributed by atoms with Crippen molar-refractivity contribution in [2.24, 2.45) is 0 Å². The number of amides is 1. The van der Waals surface area contributed by atoms with Gasteiger partial charge in [0.15, 0.2) is 0 Å². The SMILES string of the molecule is CN1CCCN(Cc2ccc(-c3ccc(NC(=O)c4ccc(Cl)cc4)cc3)cc2)CC1.O=C(O)C(F)(F)F. The van der Waals surface area contributed by atoms with Crippen LogP contribution in [0.4, 0.5) is 18.9 Å². The van der Waals surface area contributed by atoms with Crippen LogP contribution in [0.15, 0.2) is 72.8 Å². The maximum absolute atomic E-state index is 12.4. The number of aliphatic carboxylic acids is 1. The Morgan fingerprint density at radius 3 is 1.97 bits per heavy atom. The molecular formula is C28H29ClF3N3O3. The molecule has 0 atom stereocenters. The number of nitrogens with one attached hydrogen (secondary N) is 1. The standard InChI is InChI=1S/C26H28ClN3O.C2HF3O2/c1-29-15-2-16-30(18-17-29)19-20-3-5-21(6-4-20)22-9-13-25(14-10-22)28-26(31)23-7-11-24(27)12-8-23;3-2(4,5)1(6)7/h3-14H,2,15-19H2,1H3,(H,28,31);(H,6,7). The van der Waals surface area contributed by atoms with Gasteiger partial charge in [-0.2, -0.15) is 13.2 Å². The summed E-state index contributed by atoms with van der Waals surface area (Å²) in [7, 11) is 2.20. The van der Waals surface area contributed by atoms with Crippen LogP contribution in [0, 0.1) is 0 Å². The molecule has 0 aliphatic carbocycles. The van der Waals surface area contributed by atoms with Crippen LogP contribution in [-0.4, -0.2) is 66.2 Å². The average Bonchev–Trinajstić information content (AvgIpc) is 3.09. The lowest BCUT2D eigenvalue weighted by atomic mass is 10.0. The van der Waals surface area contributed by atoms with Crippen molar-refractivity contribution >= 4 is 29.2 Å². The number of carboxylic acids is 1. The molecule has 1 aliphatic heterocycles. The third kappa shape index (κ3) is 9.16. The van der Waals surface area contributed by atoms with E-state index in [0.717, 1.165) is 37.4 Å². The summed E-state index contributed by atoms with van der Waals surface area (Å²) in [6.45, 7) is 5.62. The van der Waals surface area contributed by atoms with Crippen molar-refractivity contribution in [3.8, 4) is 11.1 Å². The number of carbonyl (C=O) groups is 2. The molecule has 0 unspecified atom stereocenters. The molecule has 6 nitrogen and oxygen atoms in total. The molecule has 38 heavy (non-hydrogen) atoms. The number of nitrogens with zero attached hydrogens (tertiary/aromatic N) is 2. The lowest BCUT2D eigenvalue weighted by Gasteiger charge is -2.20. The van der Waals surface area contributed by atoms with Crippen molar-refractivity contribution in [1.82, 2.24) is 9.80 Å². The zero-order valence-electron chi connectivity index (χ0n) is 20.8. The first kappa shape index (κ1) is 29.2. The number of halogens is 4. The summed E-state index contributed by atoms with van der Waals surface area (Å²) in [4.78, 5) is 26.2. The third-order valence-electron chi connectivity index (χ3n) is 6.00. The normalized spacial score (nSPS) is 14.7. The fourth-order valence-electron chi connectivity index (χ4n) is 3.87. The van der Waals surface area contributed by atoms with Crippen LogP contribution >= 0.6 is 11.6 Å². The number of carboxylic acid groups (broad SMARTS) is 1. The summed E-state index contributed by atoms with van der Waals surface area (Å²) >= 11 is 5.89. The van der Waals surface area contributed by atoms with Gasteiger partial charge in [0.2, 0.25) is 0 Å². The topological polar surface area (TPSA) is 72.9 Å². The van der Waals surface area contributed by atoms with Gasteiger partial charge in [0, 0.05) is 35.9 Å². The quantitative estimate of drug-likeness (QED) is 0.408. The Hall–Kier alpha value is -3.40. The molecule has 10 heteroatoms. The van der Waals surface area contributed by atoms with Gasteiger partial charge in [-0.15, -0.1) is 0 Å². The fraction of sp³-hybridized carbons (Fsp3) is 0.286. The monoisotopic (exact) mass is 547 g/mol. The first-order chi connectivity index (χ1) is 18.0. The number of rotatable bonds is 5. The van der Waals surface area contributed by atoms with Crippen molar-refractivity contribution in [3.05, 3.63) is 88.9 Å². The van der Waals surface area contributed by atoms with Crippen molar-refractivity contribution in [2.45, 2.75) is 19.1 Å². The van der Waals surface area contributed by atoms with Crippen molar-refractivity contribution in [3.63, 3.8) is 0 Å². The molecule has 1 amide bonds. The number of hydrogen-bond acceptors (Lipinski definition) is 4. The maximum atomic E-state index is 12.4. The zero-order valence-corrected chi connectivity index (χ0v) is 21.6. The average molecular weight is 548 g/mol. The first-order valence-corrected chi connectivity index (χ1v) is 12.4. The molecule has 202 valence electrons. The number of carbonyl (C=O) groups excluding carboxylic acids is 1. The van der Waals surface area contributed by atoms with E-state index >= 15 is 0 Å². The van der Waals surface area contributed by atoms with Gasteiger partial charge in [0.25, 0.3) is 5.91 Å². The fourth-order valence-corrected chi connectivity index (χ4v) is 4.00. The largest absolute Gasteiger partial charge is 0.490 e. The molecule has 1 fully saturated rings. The molecule has 2 N–H and O–H groups in total. The summed E-state index contributed by atoms with van der Waals surface area (Å²) in [5, 5.41) is 10.7. The van der Waals surface area contributed by atoms with Crippen molar-refractivity contribution in [1.29, 1.82) is 0 Å². The molecule has 0 aromatic heterocycles. The van der Waals surface area contributed by atoms with E-state index in [1.54, 1.807) is 24.3 Å². The van der Waals surface area contributed by atoms with E-state index < -0.39 is 12.1 Å². The van der Waals surface area contributed by atoms with Crippen LogP contribution < -0.4 is 5.32 Å². The minimum absolute atomic E-state index is 0.145. The zero-order chi connectivity index (χ0) is 27.7. The molecule has 0 bridgehead atoms. The van der Waals surface area contributed by atoms with Crippen LogP contribution in [0.3, 0.4) is 0 Å². The van der Waals surface area contributed by atoms with Crippen LogP contribution in [-0.2, 0) is 11.3 Å². The highest BCUT2D eigenvalue weighted by molar-refractivity contribution is 6.30. The smallest absolute Gasteiger partial charge is 0.475 e. The lowest BCUT2D eigenvalue weighted by Crippen LogP contribution is -2.28. The molecule has 0 saturated carbocycles. The highest BCUT2D eigenvalue weighted by atomic mass is 35.5. The van der Waals surface area contributed by atoms with E-state index in [2.05, 4.69) is 46.4 Å². The van der Waals surface area contributed by atoms with Gasteiger partial charge in [-0.1, -0.05) is 48.0 Å². The van der Waals surface area contributed by atoms with E-state index in [1.807, 2.05) is 24.3 Å². The second kappa shape index (κ2) is 13.4. The second-order valence-corrected chi connectivity index (χ2v) is 9.41. The second-order valence-electron chi connectivity index (χ2n) is 8.97. The summed E-state index contributed by atoms with van der Waals surface area (Å²) in [6, 6.07) is 23.6. The Labute approximate surface area is 224 Å². The van der Waals surface area contributed by atoms with E-state index in [0.29, 0.717) is 10.6 Å². The highest BCUT2D eigenvalue weighted by Crippen LogP contribution is 2.23. The van der Waals surface area contributed by atoms with Gasteiger partial charge < -0.3 is 15.3 Å². The van der Waals surface area contributed by atoms with Crippen molar-refractivity contribution < 1.29 is 27.9 Å². The van der Waals surface area contributed by atoms with Gasteiger partial charge in [-0.3, -0.25) is 9.69 Å². The van der Waals surface area contributed by atoms with Crippen LogP contribution in [0.2, 0.25) is 5.02 Å². The van der Waals surface area contributed by atoms with Crippen molar-refractivity contribution in [2.75, 3.05) is 38.5 Å². The van der Waals surface area contributed by atoms with Crippen LogP contribution in [0.25, 0.3) is 11.1 Å². The molecular weight excluding hydrogens is 519 g/mol. The van der Waals surface area contributed by atoms with Crippen LogP contribution in [0.1, 0.15) is 22.3 Å². The third-order valence-corrected chi connectivity index (χ3v) is 6.25. The minimum atomic E-state index is -5.08. The van der Waals surface area contributed by atoms with E-state index in [9.17, 15) is 18.0 Å². The lowest BCUT2D eigenvalue weighted by molar-refractivity contribution is -0.192. The number of alkyl halides is 3. The molecule has 3 aromatic carbocycles. The number of anilines is 1. The molecule has 0 spiro atoms. The summed E-state index contributed by atoms with van der Waals surface area (Å²) in [5.41, 5.74) is 5.01. The van der Waals surface area contributed by atoms with E-state index in [-0.39, 0.29) is 5.91 Å². The number of likely N-dealkylation sites (N-methyl/N-ethyl adjacent to an activating group) is 1. The van der Waals surface area contributed by atoms with E-state index in [1.165, 1.54) is 24.1 Å². The highest BCUT2D eigenvalue weighted by Gasteiger charge is 2.38. The summed E-state index contributed by atoms with van der Waals surface area (Å²) < 4.78 is 31.7. The molecule has 1 heterocycles. The Balaban J connectivity index is 0.000000505. The molecule has 1 aliphatic rings. The van der Waals surface area contributed by atoms with Gasteiger partial charge >= 0.3 is 12.1 Å². The molecule has 3 aromatic rings. The Morgan fingerprint density at radius 1 is 0.868 bits per heavy atom. The summed E-state index contributed by atoms with van der Waals surface area (Å²) in [6.07, 6.45) is -3.85. The summed E-state index contributed by atoms with van der Waals surface area (Å²) in [5.74, 6) is -2.90. The predicted octanol–water partition coefficient (Wildman–Crippen LogP) is 6.03. The van der Waals surface area contributed by atoms with Gasteiger partial charge in [-0.25, -0.2) is 4.79 Å². The first-order valence-electron chi connectivity index (χ1n) is 12.0. The van der Waals surface area contributed by atoms with Gasteiger partial charge in [0.1, 0.15) is 0 Å². The van der Waals surface area contributed by atoms with Crippen LogP contribution in [0.5, 0.6) is 0 Å². The van der Waals surface area contributed by atoms with Gasteiger partial charge in [0.05, 0.1) is 0 Å². The number of benzene rings is 3. The predicted molar refractivity (Wildman–Crippen MR) is 142 cm³/mol. The molecule has 4 rings (SSSR count). The Bertz CT molecular complexity index is 1200. The minimum Gasteiger partial charge on any atom is -0.475 e. The maximum Gasteiger partial charge on any atom is 0.490 e. The van der Waals surface area contributed by atoms with Gasteiger partial charge in [-0.05, 0) is 79.6 Å². The Kier molecular flexibility index (Phi) is 10.3. The molecule has 0 radical (unpaired) electrons.